The van der Waals surface area contributed by atoms with E-state index in [2.05, 4.69) is 25.5 Å². The van der Waals surface area contributed by atoms with Gasteiger partial charge in [-0.05, 0) is 24.3 Å². The lowest BCUT2D eigenvalue weighted by Crippen LogP contribution is -2.03. The Morgan fingerprint density at radius 2 is 1.57 bits per heavy atom. The Hall–Kier alpha value is -3.71. The first kappa shape index (κ1) is 16.5. The van der Waals surface area contributed by atoms with Crippen LogP contribution in [0, 0.1) is 0 Å². The Balaban J connectivity index is 1.62. The summed E-state index contributed by atoms with van der Waals surface area (Å²) in [5, 5.41) is 12.8. The average Bonchev–Trinajstić information content (AvgIpc) is 3.17. The summed E-state index contributed by atoms with van der Waals surface area (Å²) in [6, 6.07) is 23.5. The number of rotatable bonds is 4. The van der Waals surface area contributed by atoms with Gasteiger partial charge in [0.1, 0.15) is 11.4 Å². The quantitative estimate of drug-likeness (QED) is 0.474. The number of anilines is 2. The zero-order chi connectivity index (χ0) is 18.8. The molecule has 0 fully saturated rings. The monoisotopic (exact) mass is 382 g/mol. The van der Waals surface area contributed by atoms with Gasteiger partial charge in [-0.2, -0.15) is 0 Å². The molecule has 2 aromatic carbocycles. The summed E-state index contributed by atoms with van der Waals surface area (Å²) < 4.78 is 1.11. The molecule has 5 aromatic rings. The molecule has 0 atom stereocenters. The zero-order valence-electron chi connectivity index (χ0n) is 14.6. The number of hydrogen-bond donors (Lipinski definition) is 1. The van der Waals surface area contributed by atoms with Gasteiger partial charge in [0.2, 0.25) is 5.82 Å². The molecule has 134 valence electrons. The Labute approximate surface area is 165 Å². The molecular formula is C21H14N6S. The summed E-state index contributed by atoms with van der Waals surface area (Å²) in [6.45, 7) is 0. The molecule has 0 aliphatic carbocycles. The van der Waals surface area contributed by atoms with Crippen LogP contribution in [0.25, 0.3) is 33.0 Å². The van der Waals surface area contributed by atoms with Crippen LogP contribution in [0.5, 0.6) is 0 Å². The molecule has 0 radical (unpaired) electrons. The van der Waals surface area contributed by atoms with Crippen molar-refractivity contribution in [2.45, 2.75) is 0 Å². The SMILES string of the molecule is c1ccc(-c2nnc(-c3ccccn3)nc2Nc2nc3ccccc3s2)cc1. The number of para-hydroxylation sites is 1. The maximum Gasteiger partial charge on any atom is 0.202 e. The van der Waals surface area contributed by atoms with Crippen molar-refractivity contribution in [1.29, 1.82) is 0 Å². The highest BCUT2D eigenvalue weighted by atomic mass is 32.1. The topological polar surface area (TPSA) is 76.5 Å². The van der Waals surface area contributed by atoms with Gasteiger partial charge in [0.15, 0.2) is 10.9 Å². The predicted octanol–water partition coefficient (Wildman–Crippen LogP) is 4.95. The van der Waals surface area contributed by atoms with E-state index < -0.39 is 0 Å². The number of nitrogens with zero attached hydrogens (tertiary/aromatic N) is 5. The van der Waals surface area contributed by atoms with E-state index in [9.17, 15) is 0 Å². The number of nitrogens with one attached hydrogen (secondary N) is 1. The number of thiazole rings is 1. The molecule has 0 saturated heterocycles. The Morgan fingerprint density at radius 1 is 0.750 bits per heavy atom. The van der Waals surface area contributed by atoms with E-state index in [4.69, 9.17) is 4.98 Å². The van der Waals surface area contributed by atoms with Crippen LogP contribution in [-0.4, -0.2) is 25.1 Å². The van der Waals surface area contributed by atoms with Gasteiger partial charge in [-0.3, -0.25) is 4.98 Å². The summed E-state index contributed by atoms with van der Waals surface area (Å²) in [5.41, 5.74) is 3.21. The van der Waals surface area contributed by atoms with Gasteiger partial charge in [0.05, 0.1) is 10.2 Å². The summed E-state index contributed by atoms with van der Waals surface area (Å²) in [5.74, 6) is 1.06. The summed E-state index contributed by atoms with van der Waals surface area (Å²) >= 11 is 1.57. The highest BCUT2D eigenvalue weighted by molar-refractivity contribution is 7.22. The maximum atomic E-state index is 4.70. The lowest BCUT2D eigenvalue weighted by molar-refractivity contribution is 0.981. The third-order valence-corrected chi connectivity index (χ3v) is 5.10. The second-order valence-electron chi connectivity index (χ2n) is 6.03. The average molecular weight is 382 g/mol. The molecule has 0 aliphatic heterocycles. The van der Waals surface area contributed by atoms with E-state index in [1.54, 1.807) is 17.5 Å². The van der Waals surface area contributed by atoms with Gasteiger partial charge in [0.25, 0.3) is 0 Å². The van der Waals surface area contributed by atoms with E-state index in [-0.39, 0.29) is 0 Å². The third kappa shape index (κ3) is 3.19. The van der Waals surface area contributed by atoms with Crippen molar-refractivity contribution >= 4 is 32.5 Å². The van der Waals surface area contributed by atoms with Crippen LogP contribution < -0.4 is 5.32 Å². The fourth-order valence-corrected chi connectivity index (χ4v) is 3.70. The van der Waals surface area contributed by atoms with Gasteiger partial charge >= 0.3 is 0 Å². The summed E-state index contributed by atoms with van der Waals surface area (Å²) in [7, 11) is 0. The minimum atomic E-state index is 0.462. The van der Waals surface area contributed by atoms with E-state index >= 15 is 0 Å². The van der Waals surface area contributed by atoms with Crippen molar-refractivity contribution in [2.24, 2.45) is 0 Å². The first-order valence-electron chi connectivity index (χ1n) is 8.71. The van der Waals surface area contributed by atoms with Crippen LogP contribution in [0.15, 0.2) is 79.0 Å². The van der Waals surface area contributed by atoms with Gasteiger partial charge < -0.3 is 5.32 Å². The molecular weight excluding hydrogens is 368 g/mol. The second-order valence-corrected chi connectivity index (χ2v) is 7.06. The highest BCUT2D eigenvalue weighted by Gasteiger charge is 2.15. The molecule has 0 spiro atoms. The molecule has 3 heterocycles. The van der Waals surface area contributed by atoms with Crippen molar-refractivity contribution in [1.82, 2.24) is 25.1 Å². The predicted molar refractivity (Wildman–Crippen MR) is 111 cm³/mol. The minimum Gasteiger partial charge on any atom is -0.314 e. The molecule has 6 nitrogen and oxygen atoms in total. The largest absolute Gasteiger partial charge is 0.314 e. The summed E-state index contributed by atoms with van der Waals surface area (Å²) in [6.07, 6.45) is 1.71. The van der Waals surface area contributed by atoms with E-state index in [0.717, 1.165) is 20.9 Å². The lowest BCUT2D eigenvalue weighted by Gasteiger charge is -2.09. The molecule has 7 heteroatoms. The first-order chi connectivity index (χ1) is 13.9. The Bertz CT molecular complexity index is 1200. The van der Waals surface area contributed by atoms with E-state index in [1.807, 2.05) is 72.8 Å². The first-order valence-corrected chi connectivity index (χ1v) is 9.52. The molecule has 3 aromatic heterocycles. The molecule has 5 rings (SSSR count). The van der Waals surface area contributed by atoms with Crippen LogP contribution in [0.4, 0.5) is 10.9 Å². The Kier molecular flexibility index (Phi) is 4.19. The van der Waals surface area contributed by atoms with Crippen LogP contribution in [0.2, 0.25) is 0 Å². The number of benzene rings is 2. The van der Waals surface area contributed by atoms with Gasteiger partial charge in [0, 0.05) is 11.8 Å². The lowest BCUT2D eigenvalue weighted by atomic mass is 10.1. The van der Waals surface area contributed by atoms with Crippen molar-refractivity contribution in [3.05, 3.63) is 79.0 Å². The van der Waals surface area contributed by atoms with Gasteiger partial charge in [-0.1, -0.05) is 59.9 Å². The van der Waals surface area contributed by atoms with E-state index in [0.29, 0.717) is 23.0 Å². The number of aromatic nitrogens is 5. The minimum absolute atomic E-state index is 0.462. The fourth-order valence-electron chi connectivity index (χ4n) is 2.83. The highest BCUT2D eigenvalue weighted by Crippen LogP contribution is 2.31. The zero-order valence-corrected chi connectivity index (χ0v) is 15.5. The fraction of sp³-hybridized carbons (Fsp3) is 0. The number of hydrogen-bond acceptors (Lipinski definition) is 7. The molecule has 1 N–H and O–H groups in total. The molecule has 0 amide bonds. The Morgan fingerprint density at radius 3 is 2.39 bits per heavy atom. The van der Waals surface area contributed by atoms with Crippen LogP contribution in [0.1, 0.15) is 0 Å². The summed E-state index contributed by atoms with van der Waals surface area (Å²) in [4.78, 5) is 13.7. The molecule has 0 unspecified atom stereocenters. The molecule has 0 aliphatic rings. The third-order valence-electron chi connectivity index (χ3n) is 4.15. The van der Waals surface area contributed by atoms with Gasteiger partial charge in [-0.25, -0.2) is 9.97 Å². The number of fused-ring (bicyclic) bond motifs is 1. The number of pyridine rings is 1. The van der Waals surface area contributed by atoms with Gasteiger partial charge in [-0.15, -0.1) is 10.2 Å². The van der Waals surface area contributed by atoms with Crippen LogP contribution >= 0.6 is 11.3 Å². The van der Waals surface area contributed by atoms with Crippen molar-refractivity contribution < 1.29 is 0 Å². The maximum absolute atomic E-state index is 4.70. The normalized spacial score (nSPS) is 10.9. The van der Waals surface area contributed by atoms with Crippen molar-refractivity contribution in [3.8, 4) is 22.8 Å². The second kappa shape index (κ2) is 7.13. The van der Waals surface area contributed by atoms with Crippen LogP contribution in [-0.2, 0) is 0 Å². The standard InChI is InChI=1S/C21H14N6S/c1-2-8-14(9-3-1)18-20(24-19(27-26-18)16-11-6-7-13-22-16)25-21-23-15-10-4-5-12-17(15)28-21/h1-13H,(H,23,24,25,27). The van der Waals surface area contributed by atoms with Crippen molar-refractivity contribution in [3.63, 3.8) is 0 Å². The smallest absolute Gasteiger partial charge is 0.202 e. The van der Waals surface area contributed by atoms with Crippen molar-refractivity contribution in [2.75, 3.05) is 5.32 Å². The molecule has 0 saturated carbocycles. The van der Waals surface area contributed by atoms with Crippen LogP contribution in [0.3, 0.4) is 0 Å². The molecule has 28 heavy (non-hydrogen) atoms. The molecule has 0 bridgehead atoms. The van der Waals surface area contributed by atoms with E-state index in [1.165, 1.54) is 0 Å².